The van der Waals surface area contributed by atoms with Gasteiger partial charge in [0.2, 0.25) is 0 Å². The van der Waals surface area contributed by atoms with Crippen molar-refractivity contribution in [1.29, 1.82) is 0 Å². The third kappa shape index (κ3) is 2.15. The number of rotatable bonds is 1. The minimum Gasteiger partial charge on any atom is -0.324 e. The number of imide groups is 2. The predicted octanol–water partition coefficient (Wildman–Crippen LogP) is 2.85. The second-order valence-corrected chi connectivity index (χ2v) is 5.98. The molecule has 0 radical (unpaired) electrons. The van der Waals surface area contributed by atoms with E-state index in [1.807, 2.05) is 0 Å². The molecule has 2 aliphatic heterocycles. The van der Waals surface area contributed by atoms with E-state index >= 15 is 0 Å². The number of urea groups is 2. The van der Waals surface area contributed by atoms with Gasteiger partial charge in [-0.15, -0.1) is 0 Å². The quantitative estimate of drug-likeness (QED) is 0.577. The standard InChI is InChI=1S/C15H11F3N4O3/c1-14-7-20(3)12(24)22(14)13(25)21(11(14)23)8-4-5-10(19-2)9(6-8)15(16,17)18/h4-6H,7H2,1,3H3. The van der Waals surface area contributed by atoms with E-state index in [9.17, 15) is 27.6 Å². The molecule has 5 amide bonds. The van der Waals surface area contributed by atoms with E-state index in [4.69, 9.17) is 6.57 Å². The molecule has 0 spiro atoms. The largest absolute Gasteiger partial charge is 0.407 e. The normalized spacial score (nSPS) is 23.4. The molecule has 2 aliphatic rings. The Bertz CT molecular complexity index is 861. The van der Waals surface area contributed by atoms with Crippen LogP contribution in [0.3, 0.4) is 0 Å². The first-order valence-electron chi connectivity index (χ1n) is 7.05. The fourth-order valence-electron chi connectivity index (χ4n) is 3.08. The van der Waals surface area contributed by atoms with Gasteiger partial charge in [0.05, 0.1) is 24.4 Å². The van der Waals surface area contributed by atoms with Gasteiger partial charge in [-0.25, -0.2) is 24.2 Å². The Morgan fingerprint density at radius 1 is 1.20 bits per heavy atom. The fraction of sp³-hybridized carbons (Fsp3) is 0.333. The van der Waals surface area contributed by atoms with Crippen molar-refractivity contribution in [1.82, 2.24) is 9.80 Å². The van der Waals surface area contributed by atoms with Crippen LogP contribution < -0.4 is 4.90 Å². The molecule has 7 nitrogen and oxygen atoms in total. The third-order valence-electron chi connectivity index (χ3n) is 4.27. The topological polar surface area (TPSA) is 65.3 Å². The van der Waals surface area contributed by atoms with Crippen molar-refractivity contribution >= 4 is 29.3 Å². The number of hydrogen-bond acceptors (Lipinski definition) is 3. The number of nitrogens with zero attached hydrogens (tertiary/aromatic N) is 4. The maximum Gasteiger partial charge on any atom is 0.407 e. The minimum atomic E-state index is -4.82. The van der Waals surface area contributed by atoms with Crippen molar-refractivity contribution in [3.05, 3.63) is 35.2 Å². The smallest absolute Gasteiger partial charge is 0.324 e. The molecule has 130 valence electrons. The average molecular weight is 352 g/mol. The number of amides is 5. The number of halogens is 3. The van der Waals surface area contributed by atoms with Crippen molar-refractivity contribution in [3.63, 3.8) is 0 Å². The van der Waals surface area contributed by atoms with Crippen molar-refractivity contribution in [2.24, 2.45) is 0 Å². The lowest BCUT2D eigenvalue weighted by atomic mass is 10.0. The molecule has 2 fully saturated rings. The summed E-state index contributed by atoms with van der Waals surface area (Å²) in [7, 11) is 1.42. The van der Waals surface area contributed by atoms with Crippen molar-refractivity contribution in [2.45, 2.75) is 18.6 Å². The summed E-state index contributed by atoms with van der Waals surface area (Å²) in [5, 5.41) is 0. The van der Waals surface area contributed by atoms with Gasteiger partial charge >= 0.3 is 18.2 Å². The van der Waals surface area contributed by atoms with Gasteiger partial charge in [0.15, 0.2) is 5.69 Å². The summed E-state index contributed by atoms with van der Waals surface area (Å²) in [6, 6.07) is 0.842. The highest BCUT2D eigenvalue weighted by molar-refractivity contribution is 6.28. The molecule has 3 rings (SSSR count). The van der Waals surface area contributed by atoms with Gasteiger partial charge in [-0.05, 0) is 19.1 Å². The monoisotopic (exact) mass is 352 g/mol. The number of carbonyl (C=O) groups excluding carboxylic acids is 3. The minimum absolute atomic E-state index is 0.0564. The summed E-state index contributed by atoms with van der Waals surface area (Å²) in [6.07, 6.45) is -4.82. The first-order chi connectivity index (χ1) is 11.5. The molecular formula is C15H11F3N4O3. The van der Waals surface area contributed by atoms with Crippen LogP contribution >= 0.6 is 0 Å². The average Bonchev–Trinajstić information content (AvgIpc) is 2.87. The number of hydrogen-bond donors (Lipinski definition) is 0. The zero-order chi connectivity index (χ0) is 18.7. The molecule has 2 saturated heterocycles. The second kappa shape index (κ2) is 4.95. The van der Waals surface area contributed by atoms with Crippen LogP contribution in [0.25, 0.3) is 4.85 Å². The number of fused-ring (bicyclic) bond motifs is 1. The van der Waals surface area contributed by atoms with Gasteiger partial charge in [-0.1, -0.05) is 6.07 Å². The van der Waals surface area contributed by atoms with Crippen molar-refractivity contribution in [2.75, 3.05) is 18.5 Å². The first-order valence-corrected chi connectivity index (χ1v) is 7.05. The Morgan fingerprint density at radius 3 is 2.36 bits per heavy atom. The molecule has 0 N–H and O–H groups in total. The summed E-state index contributed by atoms with van der Waals surface area (Å²) < 4.78 is 39.3. The summed E-state index contributed by atoms with van der Waals surface area (Å²) in [4.78, 5) is 42.6. The summed E-state index contributed by atoms with van der Waals surface area (Å²) >= 11 is 0. The third-order valence-corrected chi connectivity index (χ3v) is 4.27. The first kappa shape index (κ1) is 16.8. The molecule has 25 heavy (non-hydrogen) atoms. The van der Waals surface area contributed by atoms with Crippen LogP contribution in [0.2, 0.25) is 0 Å². The fourth-order valence-corrected chi connectivity index (χ4v) is 3.08. The summed E-state index contributed by atoms with van der Waals surface area (Å²) in [5.41, 5.74) is -3.69. The predicted molar refractivity (Wildman–Crippen MR) is 78.9 cm³/mol. The molecule has 10 heteroatoms. The molecule has 1 unspecified atom stereocenters. The van der Waals surface area contributed by atoms with Crippen LogP contribution in [-0.4, -0.2) is 46.9 Å². The molecule has 0 bridgehead atoms. The number of alkyl halides is 3. The summed E-state index contributed by atoms with van der Waals surface area (Å²) in [6.45, 7) is 8.15. The number of anilines is 1. The Morgan fingerprint density at radius 2 is 1.84 bits per heavy atom. The molecule has 0 aliphatic carbocycles. The Balaban J connectivity index is 2.10. The second-order valence-electron chi connectivity index (χ2n) is 5.98. The number of carbonyl (C=O) groups is 3. The number of likely N-dealkylation sites (N-methyl/N-ethyl adjacent to an activating group) is 1. The summed E-state index contributed by atoms with van der Waals surface area (Å²) in [5.74, 6) is -0.793. The van der Waals surface area contributed by atoms with E-state index in [-0.39, 0.29) is 12.2 Å². The highest BCUT2D eigenvalue weighted by Gasteiger charge is 2.63. The zero-order valence-electron chi connectivity index (χ0n) is 13.1. The molecule has 1 aromatic carbocycles. The van der Waals surface area contributed by atoms with E-state index < -0.39 is 40.9 Å². The van der Waals surface area contributed by atoms with Crippen molar-refractivity contribution < 1.29 is 27.6 Å². The lowest BCUT2D eigenvalue weighted by molar-refractivity contribution is -0.136. The van der Waals surface area contributed by atoms with Crippen LogP contribution in [0.1, 0.15) is 12.5 Å². The van der Waals surface area contributed by atoms with Crippen LogP contribution in [0, 0.1) is 6.57 Å². The lowest BCUT2D eigenvalue weighted by Crippen LogP contribution is -2.45. The van der Waals surface area contributed by atoms with Gasteiger partial charge < -0.3 is 4.90 Å². The van der Waals surface area contributed by atoms with Gasteiger partial charge in [-0.3, -0.25) is 4.79 Å². The molecule has 1 atom stereocenters. The highest BCUT2D eigenvalue weighted by Crippen LogP contribution is 2.42. The molecule has 0 aromatic heterocycles. The highest BCUT2D eigenvalue weighted by atomic mass is 19.4. The van der Waals surface area contributed by atoms with E-state index in [0.29, 0.717) is 11.0 Å². The van der Waals surface area contributed by atoms with Crippen LogP contribution in [0.4, 0.5) is 34.1 Å². The van der Waals surface area contributed by atoms with Crippen molar-refractivity contribution in [3.8, 4) is 0 Å². The number of benzene rings is 1. The van der Waals surface area contributed by atoms with Gasteiger partial charge in [0.25, 0.3) is 5.91 Å². The van der Waals surface area contributed by atoms with E-state index in [1.54, 1.807) is 0 Å². The Kier molecular flexibility index (Phi) is 3.32. The Labute approximate surface area is 140 Å². The maximum absolute atomic E-state index is 13.1. The van der Waals surface area contributed by atoms with Gasteiger partial charge in [0, 0.05) is 7.05 Å². The van der Waals surface area contributed by atoms with Crippen LogP contribution in [0.5, 0.6) is 0 Å². The van der Waals surface area contributed by atoms with Gasteiger partial charge in [0.1, 0.15) is 5.54 Å². The van der Waals surface area contributed by atoms with Crippen LogP contribution in [0.15, 0.2) is 18.2 Å². The van der Waals surface area contributed by atoms with E-state index in [1.165, 1.54) is 18.9 Å². The SMILES string of the molecule is [C-]#[N+]c1ccc(N2C(=O)N3C(=O)N(C)CC3(C)C2=O)cc1C(F)(F)F. The molecule has 0 saturated carbocycles. The molecule has 2 heterocycles. The zero-order valence-corrected chi connectivity index (χ0v) is 13.1. The maximum atomic E-state index is 13.1. The lowest BCUT2D eigenvalue weighted by Gasteiger charge is -2.20. The molecular weight excluding hydrogens is 341 g/mol. The van der Waals surface area contributed by atoms with E-state index in [0.717, 1.165) is 17.0 Å². The Hall–Kier alpha value is -3.09. The molecule has 1 aromatic rings. The van der Waals surface area contributed by atoms with E-state index in [2.05, 4.69) is 4.85 Å². The van der Waals surface area contributed by atoms with Gasteiger partial charge in [-0.2, -0.15) is 13.2 Å². The van der Waals surface area contributed by atoms with Crippen LogP contribution in [-0.2, 0) is 11.0 Å².